The van der Waals surface area contributed by atoms with Crippen LogP contribution in [-0.4, -0.2) is 54.1 Å². The summed E-state index contributed by atoms with van der Waals surface area (Å²) in [6.07, 6.45) is -5.89. The van der Waals surface area contributed by atoms with Crippen LogP contribution in [0.3, 0.4) is 0 Å². The van der Waals surface area contributed by atoms with Crippen molar-refractivity contribution in [2.75, 3.05) is 19.6 Å². The molecule has 0 aromatic carbocycles. The van der Waals surface area contributed by atoms with E-state index in [1.165, 1.54) is 0 Å². The van der Waals surface area contributed by atoms with Gasteiger partial charge in [-0.25, -0.2) is 24.1 Å². The molecule has 29 heavy (non-hydrogen) atoms. The number of carbonyl (C=O) groups is 2. The average molecular weight is 474 g/mol. The van der Waals surface area contributed by atoms with Gasteiger partial charge in [-0.05, 0) is 12.8 Å². The maximum Gasteiger partial charge on any atom is 0.548 e. The van der Waals surface area contributed by atoms with E-state index in [0.717, 1.165) is 0 Å². The van der Waals surface area contributed by atoms with Gasteiger partial charge in [0.2, 0.25) is 0 Å². The fourth-order valence-corrected chi connectivity index (χ4v) is 4.11. The third-order valence-electron chi connectivity index (χ3n) is 2.76. The number of carbonyl (C=O) groups excluding carboxylic acids is 2. The van der Waals surface area contributed by atoms with E-state index in [0.29, 0.717) is 5.17 Å². The van der Waals surface area contributed by atoms with Gasteiger partial charge in [-0.3, -0.25) is 0 Å². The molecular weight excluding hydrogens is 455 g/mol. The van der Waals surface area contributed by atoms with Crippen molar-refractivity contribution >= 4 is 27.6 Å². The molecule has 2 amide bonds. The minimum Gasteiger partial charge on any atom is -0.369 e. The van der Waals surface area contributed by atoms with Crippen molar-refractivity contribution < 1.29 is 54.8 Å². The first-order valence-electron chi connectivity index (χ1n) is 7.61. The van der Waals surface area contributed by atoms with Crippen molar-refractivity contribution in [3.05, 3.63) is 0 Å². The van der Waals surface area contributed by atoms with E-state index in [1.54, 1.807) is 0 Å². The molecule has 0 radical (unpaired) electrons. The summed E-state index contributed by atoms with van der Waals surface area (Å²) >= 11 is 0. The van der Waals surface area contributed by atoms with Gasteiger partial charge in [0, 0.05) is 13.1 Å². The number of phosphoric ester groups is 1. The van der Waals surface area contributed by atoms with Gasteiger partial charge in [-0.2, -0.15) is 19.0 Å². The van der Waals surface area contributed by atoms with Gasteiger partial charge in [0.15, 0.2) is 0 Å². The number of primary amides is 1. The van der Waals surface area contributed by atoms with E-state index >= 15 is 0 Å². The average Bonchev–Trinajstić information content (AvgIpc) is 2.99. The molecule has 0 aromatic rings. The summed E-state index contributed by atoms with van der Waals surface area (Å²) in [7, 11) is -11.6. The van der Waals surface area contributed by atoms with Crippen LogP contribution in [0.1, 0.15) is 12.8 Å². The Morgan fingerprint density at radius 1 is 1.34 bits per heavy atom. The second-order valence-corrected chi connectivity index (χ2v) is 8.22. The predicted molar refractivity (Wildman–Crippen MR) is 85.5 cm³/mol. The van der Waals surface area contributed by atoms with E-state index in [1.807, 2.05) is 0 Å². The van der Waals surface area contributed by atoms with Crippen molar-refractivity contribution in [1.29, 1.82) is 0 Å². The number of hydrazine groups is 2. The van der Waals surface area contributed by atoms with Crippen LogP contribution in [0.25, 0.3) is 0 Å². The maximum absolute atomic E-state index is 12.5. The molecule has 1 aliphatic heterocycles. The van der Waals surface area contributed by atoms with Crippen molar-refractivity contribution in [2.45, 2.75) is 25.2 Å². The monoisotopic (exact) mass is 474 g/mol. The smallest absolute Gasteiger partial charge is 0.369 e. The third-order valence-corrected chi connectivity index (χ3v) is 5.62. The van der Waals surface area contributed by atoms with Crippen molar-refractivity contribution in [1.82, 2.24) is 21.4 Å². The number of nitrogens with one attached hydrogen (secondary N) is 3. The van der Waals surface area contributed by atoms with Gasteiger partial charge in [-0.1, -0.05) is 5.17 Å². The van der Waals surface area contributed by atoms with Crippen LogP contribution in [0.15, 0.2) is 0 Å². The van der Waals surface area contributed by atoms with Crippen LogP contribution < -0.4 is 27.7 Å². The van der Waals surface area contributed by atoms with E-state index in [4.69, 9.17) is 11.5 Å². The van der Waals surface area contributed by atoms with Crippen LogP contribution in [0.5, 0.6) is 0 Å². The number of urea groups is 1. The lowest BCUT2D eigenvalue weighted by Crippen LogP contribution is -2.35. The van der Waals surface area contributed by atoms with E-state index in [2.05, 4.69) is 34.3 Å². The number of hydroxylamine groups is 1. The minimum absolute atomic E-state index is 0.0277. The predicted octanol–water partition coefficient (Wildman–Crippen LogP) is -0.677. The second-order valence-electron chi connectivity index (χ2n) is 5.21. The first-order valence-corrected chi connectivity index (χ1v) is 10.6. The number of alkyl halides is 3. The summed E-state index contributed by atoms with van der Waals surface area (Å²) in [5.74, 6) is -1.70. The lowest BCUT2D eigenvalue weighted by Gasteiger charge is -2.23. The summed E-state index contributed by atoms with van der Waals surface area (Å²) < 4.78 is 76.8. The Labute approximate surface area is 161 Å². The molecule has 1 aliphatic rings. The van der Waals surface area contributed by atoms with Crippen molar-refractivity contribution in [2.24, 2.45) is 11.5 Å². The molecule has 1 saturated heterocycles. The second kappa shape index (κ2) is 10.6. The highest BCUT2D eigenvalue weighted by molar-refractivity contribution is 7.62. The fourth-order valence-electron chi connectivity index (χ4n) is 1.69. The van der Waals surface area contributed by atoms with E-state index in [-0.39, 0.29) is 32.5 Å². The van der Waals surface area contributed by atoms with Crippen LogP contribution in [0, 0.1) is 0 Å². The Morgan fingerprint density at radius 3 is 2.52 bits per heavy atom. The number of nitrogens with zero attached hydrogens (tertiary/aromatic N) is 1. The SMILES string of the molecule is NC(=O)NCCC[C@H](N)C(=O)OP(=O)(OC(F)(F)F)OP(=O)(O)ON1CCNN1. The topological polar surface area (TPSA) is 217 Å². The zero-order chi connectivity index (χ0) is 22.3. The molecule has 2 unspecified atom stereocenters. The van der Waals surface area contributed by atoms with Gasteiger partial charge < -0.3 is 26.2 Å². The molecule has 0 saturated carbocycles. The number of halogens is 3. The molecule has 0 bridgehead atoms. The third kappa shape index (κ3) is 10.9. The molecule has 20 heteroatoms. The lowest BCUT2D eigenvalue weighted by molar-refractivity contribution is -0.281. The molecule has 0 aromatic heterocycles. The van der Waals surface area contributed by atoms with Gasteiger partial charge in [0.25, 0.3) is 0 Å². The Hall–Kier alpha value is -1.33. The molecule has 3 atom stereocenters. The molecule has 1 heterocycles. The van der Waals surface area contributed by atoms with Crippen LogP contribution in [0.4, 0.5) is 18.0 Å². The molecule has 0 spiro atoms. The van der Waals surface area contributed by atoms with Crippen molar-refractivity contribution in [3.63, 3.8) is 0 Å². The first-order chi connectivity index (χ1) is 13.2. The largest absolute Gasteiger partial charge is 0.548 e. The quantitative estimate of drug-likeness (QED) is 0.162. The fraction of sp³-hybridized carbons (Fsp3) is 0.778. The zero-order valence-corrected chi connectivity index (χ0v) is 16.2. The van der Waals surface area contributed by atoms with Gasteiger partial charge in [0.1, 0.15) is 6.04 Å². The lowest BCUT2D eigenvalue weighted by atomic mass is 10.2. The highest BCUT2D eigenvalue weighted by atomic mass is 31.3. The standard InChI is InChI=1S/C9H19F3N6O9P2/c10-9(11,12)25-29(23,27-28(21,22)26-18-5-4-16-17-18)24-7(19)6(13)2-1-3-15-8(14)20/h6,16-17H,1-5,13H2,(H,21,22)(H3,14,15,20)/t6-,29?/m0/s1. The molecule has 170 valence electrons. The van der Waals surface area contributed by atoms with E-state index in [9.17, 15) is 36.8 Å². The summed E-state index contributed by atoms with van der Waals surface area (Å²) in [6.45, 7) is 0.133. The molecular formula is C9H19F3N6O9P2. The summed E-state index contributed by atoms with van der Waals surface area (Å²) in [5.41, 5.74) is 14.8. The van der Waals surface area contributed by atoms with Gasteiger partial charge in [0.05, 0.1) is 6.54 Å². The molecule has 8 N–H and O–H groups in total. The Bertz CT molecular complexity index is 676. The van der Waals surface area contributed by atoms with Crippen LogP contribution in [-0.2, 0) is 31.9 Å². The molecule has 0 aliphatic carbocycles. The molecule has 1 rings (SSSR count). The van der Waals surface area contributed by atoms with Crippen molar-refractivity contribution in [3.8, 4) is 0 Å². The van der Waals surface area contributed by atoms with Crippen LogP contribution in [0.2, 0.25) is 0 Å². The number of hydrogen-bond donors (Lipinski definition) is 6. The highest BCUT2D eigenvalue weighted by Crippen LogP contribution is 2.65. The Kier molecular flexibility index (Phi) is 9.42. The Morgan fingerprint density at radius 2 is 2.00 bits per heavy atom. The number of amides is 2. The zero-order valence-electron chi connectivity index (χ0n) is 14.5. The van der Waals surface area contributed by atoms with E-state index < -0.39 is 40.1 Å². The molecule has 15 nitrogen and oxygen atoms in total. The Balaban J connectivity index is 2.76. The highest BCUT2D eigenvalue weighted by Gasteiger charge is 2.51. The number of phosphoric acid groups is 2. The van der Waals surface area contributed by atoms with Gasteiger partial charge in [-0.15, -0.1) is 13.2 Å². The normalized spacial score (nSPS) is 20.4. The van der Waals surface area contributed by atoms with Crippen LogP contribution >= 0.6 is 15.6 Å². The number of nitrogens with two attached hydrogens (primary N) is 2. The first kappa shape index (κ1) is 25.7. The summed E-state index contributed by atoms with van der Waals surface area (Å²) in [6, 6.07) is -2.50. The number of hydrogen-bond acceptors (Lipinski definition) is 12. The summed E-state index contributed by atoms with van der Waals surface area (Å²) in [4.78, 5) is 31.8. The summed E-state index contributed by atoms with van der Waals surface area (Å²) in [5, 5.41) is 2.71. The maximum atomic E-state index is 12.5. The van der Waals surface area contributed by atoms with Gasteiger partial charge >= 0.3 is 34.0 Å². The number of rotatable bonds is 11. The molecule has 1 fully saturated rings. The minimum atomic E-state index is -6.04.